The number of hydrogen-bond donors (Lipinski definition) is 0. The molecule has 0 radical (unpaired) electrons. The van der Waals surface area contributed by atoms with Crippen LogP contribution >= 0.6 is 10.7 Å². The fraction of sp³-hybridized carbons (Fsp3) is 0.833. The molecule has 1 aromatic rings. The van der Waals surface area contributed by atoms with Crippen molar-refractivity contribution in [1.82, 2.24) is 14.8 Å². The third-order valence-electron chi connectivity index (χ3n) is 3.86. The standard InChI is InChI=1S/C12H20ClN3O3S/c1-9-3-5-10(6-4-9)11-14-15-12(20(13,17)18)16(11)7-8-19-2/h9-10H,3-8H2,1-2H3. The monoisotopic (exact) mass is 321 g/mol. The molecule has 0 saturated heterocycles. The molecule has 114 valence electrons. The fourth-order valence-corrected chi connectivity index (χ4v) is 3.62. The normalized spacial score (nSPS) is 23.9. The largest absolute Gasteiger partial charge is 0.383 e. The summed E-state index contributed by atoms with van der Waals surface area (Å²) in [6.45, 7) is 3.03. The summed E-state index contributed by atoms with van der Waals surface area (Å²) in [5.41, 5.74) is 0. The summed E-state index contributed by atoms with van der Waals surface area (Å²) in [7, 11) is 3.11. The van der Waals surface area contributed by atoms with E-state index in [2.05, 4.69) is 17.1 Å². The molecule has 1 saturated carbocycles. The van der Waals surface area contributed by atoms with Gasteiger partial charge in [-0.2, -0.15) is 0 Å². The van der Waals surface area contributed by atoms with Crippen LogP contribution in [0.1, 0.15) is 44.3 Å². The third-order valence-corrected chi connectivity index (χ3v) is 5.02. The Morgan fingerprint density at radius 1 is 1.30 bits per heavy atom. The lowest BCUT2D eigenvalue weighted by atomic mass is 9.82. The Morgan fingerprint density at radius 3 is 2.50 bits per heavy atom. The van der Waals surface area contributed by atoms with Gasteiger partial charge in [-0.1, -0.05) is 19.8 Å². The molecule has 6 nitrogen and oxygen atoms in total. The van der Waals surface area contributed by atoms with Crippen LogP contribution in [0.4, 0.5) is 0 Å². The molecule has 1 aromatic heterocycles. The summed E-state index contributed by atoms with van der Waals surface area (Å²) < 4.78 is 29.8. The van der Waals surface area contributed by atoms with E-state index >= 15 is 0 Å². The number of nitrogens with zero attached hydrogens (tertiary/aromatic N) is 3. The van der Waals surface area contributed by atoms with Gasteiger partial charge in [0.15, 0.2) is 0 Å². The molecule has 0 unspecified atom stereocenters. The maximum absolute atomic E-state index is 11.6. The van der Waals surface area contributed by atoms with Gasteiger partial charge in [-0.25, -0.2) is 8.42 Å². The van der Waals surface area contributed by atoms with E-state index in [-0.39, 0.29) is 11.1 Å². The van der Waals surface area contributed by atoms with Crippen LogP contribution in [0.25, 0.3) is 0 Å². The van der Waals surface area contributed by atoms with Crippen molar-refractivity contribution >= 4 is 19.7 Å². The molecular weight excluding hydrogens is 302 g/mol. The highest BCUT2D eigenvalue weighted by atomic mass is 35.7. The second-order valence-corrected chi connectivity index (χ2v) is 7.84. The first-order valence-corrected chi connectivity index (χ1v) is 9.11. The molecule has 0 bridgehead atoms. The van der Waals surface area contributed by atoms with Gasteiger partial charge in [0.1, 0.15) is 5.82 Å². The van der Waals surface area contributed by atoms with Gasteiger partial charge in [-0.15, -0.1) is 10.2 Å². The van der Waals surface area contributed by atoms with Gasteiger partial charge < -0.3 is 4.74 Å². The minimum absolute atomic E-state index is 0.176. The van der Waals surface area contributed by atoms with Crippen molar-refractivity contribution in [1.29, 1.82) is 0 Å². The lowest BCUT2D eigenvalue weighted by molar-refractivity contribution is 0.182. The summed E-state index contributed by atoms with van der Waals surface area (Å²) in [4.78, 5) is 0. The molecule has 1 aliphatic rings. The van der Waals surface area contributed by atoms with Gasteiger partial charge in [0.2, 0.25) is 0 Å². The lowest BCUT2D eigenvalue weighted by Gasteiger charge is -2.25. The fourth-order valence-electron chi connectivity index (χ4n) is 2.69. The summed E-state index contributed by atoms with van der Waals surface area (Å²) >= 11 is 0. The maximum atomic E-state index is 11.6. The van der Waals surface area contributed by atoms with E-state index in [4.69, 9.17) is 15.4 Å². The first-order chi connectivity index (χ1) is 9.43. The highest BCUT2D eigenvalue weighted by molar-refractivity contribution is 8.13. The molecular formula is C12H20ClN3O3S. The summed E-state index contributed by atoms with van der Waals surface area (Å²) in [6.07, 6.45) is 4.28. The van der Waals surface area contributed by atoms with Crippen molar-refractivity contribution in [3.05, 3.63) is 5.82 Å². The second-order valence-electron chi connectivity index (χ2n) is 5.38. The zero-order valence-corrected chi connectivity index (χ0v) is 13.3. The smallest absolute Gasteiger partial charge is 0.296 e. The van der Waals surface area contributed by atoms with Crippen LogP contribution in [0.15, 0.2) is 5.16 Å². The number of rotatable bonds is 5. The maximum Gasteiger partial charge on any atom is 0.296 e. The molecule has 0 spiro atoms. The van der Waals surface area contributed by atoms with Gasteiger partial charge in [0.05, 0.1) is 6.61 Å². The van der Waals surface area contributed by atoms with E-state index in [0.29, 0.717) is 19.0 Å². The molecule has 20 heavy (non-hydrogen) atoms. The molecule has 1 heterocycles. The first-order valence-electron chi connectivity index (χ1n) is 6.80. The van der Waals surface area contributed by atoms with Crippen molar-refractivity contribution in [2.75, 3.05) is 13.7 Å². The van der Waals surface area contributed by atoms with Crippen LogP contribution in [0.5, 0.6) is 0 Å². The summed E-state index contributed by atoms with van der Waals surface area (Å²) in [5, 5.41) is 7.67. The van der Waals surface area contributed by atoms with Crippen molar-refractivity contribution in [3.63, 3.8) is 0 Å². The van der Waals surface area contributed by atoms with E-state index in [1.54, 1.807) is 11.7 Å². The zero-order valence-electron chi connectivity index (χ0n) is 11.7. The predicted octanol–water partition coefficient (Wildman–Crippen LogP) is 2.15. The van der Waals surface area contributed by atoms with Crippen LogP contribution in [0, 0.1) is 5.92 Å². The van der Waals surface area contributed by atoms with Crippen LogP contribution < -0.4 is 0 Å². The predicted molar refractivity (Wildman–Crippen MR) is 75.3 cm³/mol. The second kappa shape index (κ2) is 6.41. The van der Waals surface area contributed by atoms with Gasteiger partial charge in [0, 0.05) is 30.3 Å². The molecule has 1 aliphatic carbocycles. The Labute approximate surface area is 123 Å². The van der Waals surface area contributed by atoms with Gasteiger partial charge in [-0.05, 0) is 18.8 Å². The van der Waals surface area contributed by atoms with Crippen LogP contribution in [0.2, 0.25) is 0 Å². The number of halogens is 1. The Bertz CT molecular complexity index is 550. The van der Waals surface area contributed by atoms with E-state index in [9.17, 15) is 8.42 Å². The van der Waals surface area contributed by atoms with E-state index in [1.807, 2.05) is 0 Å². The highest BCUT2D eigenvalue weighted by Gasteiger charge is 2.29. The molecule has 0 aromatic carbocycles. The average molecular weight is 322 g/mol. The molecule has 0 aliphatic heterocycles. The quantitative estimate of drug-likeness (QED) is 0.777. The van der Waals surface area contributed by atoms with Crippen molar-refractivity contribution in [2.24, 2.45) is 5.92 Å². The van der Waals surface area contributed by atoms with Crippen molar-refractivity contribution in [2.45, 2.75) is 50.2 Å². The van der Waals surface area contributed by atoms with Crippen LogP contribution in [0.3, 0.4) is 0 Å². The molecule has 0 amide bonds. The van der Waals surface area contributed by atoms with Crippen LogP contribution in [-0.4, -0.2) is 36.9 Å². The average Bonchev–Trinajstić information content (AvgIpc) is 2.81. The molecule has 0 N–H and O–H groups in total. The third kappa shape index (κ3) is 3.51. The summed E-state index contributed by atoms with van der Waals surface area (Å²) in [6, 6.07) is 0. The van der Waals surface area contributed by atoms with Crippen molar-refractivity contribution < 1.29 is 13.2 Å². The molecule has 0 atom stereocenters. The number of ether oxygens (including phenoxy) is 1. The minimum atomic E-state index is -3.89. The van der Waals surface area contributed by atoms with E-state index in [0.717, 1.165) is 31.6 Å². The first kappa shape index (κ1) is 15.7. The Balaban J connectivity index is 2.30. The molecule has 1 fully saturated rings. The Hall–Kier alpha value is -0.660. The highest BCUT2D eigenvalue weighted by Crippen LogP contribution is 2.35. The summed E-state index contributed by atoms with van der Waals surface area (Å²) in [5.74, 6) is 1.69. The minimum Gasteiger partial charge on any atom is -0.383 e. The Morgan fingerprint density at radius 2 is 1.95 bits per heavy atom. The lowest BCUT2D eigenvalue weighted by Crippen LogP contribution is -2.18. The number of hydrogen-bond acceptors (Lipinski definition) is 5. The molecule has 8 heteroatoms. The van der Waals surface area contributed by atoms with Gasteiger partial charge >= 0.3 is 0 Å². The Kier molecular flexibility index (Phi) is 5.04. The van der Waals surface area contributed by atoms with E-state index < -0.39 is 9.05 Å². The van der Waals surface area contributed by atoms with Crippen molar-refractivity contribution in [3.8, 4) is 0 Å². The molecule has 2 rings (SSSR count). The van der Waals surface area contributed by atoms with Crippen LogP contribution in [-0.2, 0) is 20.3 Å². The van der Waals surface area contributed by atoms with E-state index in [1.165, 1.54) is 0 Å². The SMILES string of the molecule is COCCn1c(C2CCC(C)CC2)nnc1S(=O)(=O)Cl. The number of aromatic nitrogens is 3. The van der Waals surface area contributed by atoms with Gasteiger partial charge in [0.25, 0.3) is 14.2 Å². The number of methoxy groups -OCH3 is 1. The topological polar surface area (TPSA) is 74.1 Å². The zero-order chi connectivity index (χ0) is 14.8. The van der Waals surface area contributed by atoms with Gasteiger partial charge in [-0.3, -0.25) is 4.57 Å².